The lowest BCUT2D eigenvalue weighted by Crippen LogP contribution is -2.08. The molecule has 2 aliphatic rings. The molecule has 86 heavy (non-hydrogen) atoms. The SMILES string of the molecule is N#CC1=C(c2nc(-c3ccccc3)cc(-c3ccccc3)n2)C(=C(c2ccc(F)c(C#N)c2)c2ccc(F)c(C#N)c2)C2=C1C(=C(c1ccc(F)c(C#N)c1)c1ccc(F)c(C#N)c1)C(c1nc(-c3ccccc3)cc(-c3ccccc3)n1)=C2C#N. The van der Waals surface area contributed by atoms with Crippen molar-refractivity contribution in [3.05, 3.63) is 319 Å². The largest absolute Gasteiger partial charge is 0.228 e. The Balaban J connectivity index is 1.35. The Hall–Kier alpha value is -12.7. The topological polar surface area (TPSA) is 194 Å². The van der Waals surface area contributed by atoms with Crippen LogP contribution in [0.5, 0.6) is 0 Å². The maximum atomic E-state index is 15.8. The van der Waals surface area contributed by atoms with Crippen molar-refractivity contribution in [2.75, 3.05) is 0 Å². The molecule has 0 spiro atoms. The normalized spacial score (nSPS) is 12.4. The standard InChI is InChI=1S/C72H34F4N10/c73-55-25-21-45(29-49(55)35-77)63(46-22-26-56(74)50(30-46)36-78)69-66-54(40-82)68(72-85-61(43-17-9-3-10-18-43)34-62(86-72)44-19-11-4-12-20-44)70(64(47-23-27-57(75)51(31-47)37-79)48-24-28-58(76)52(32-48)38-80)65(66)53(39-81)67(69)71-83-59(41-13-5-1-6-14-41)33-60(84-71)42-15-7-2-8-16-42/h1-34H. The first-order valence-electron chi connectivity index (χ1n) is 26.4. The molecule has 0 bridgehead atoms. The van der Waals surface area contributed by atoms with Crippen LogP contribution in [-0.2, 0) is 0 Å². The highest BCUT2D eigenvalue weighted by molar-refractivity contribution is 6.16. The Labute approximate surface area is 489 Å². The molecule has 10 aromatic rings. The van der Waals surface area contributed by atoms with Gasteiger partial charge in [-0.25, -0.2) is 37.5 Å². The molecule has 14 heteroatoms. The zero-order valence-electron chi connectivity index (χ0n) is 44.6. The van der Waals surface area contributed by atoms with Gasteiger partial charge in [0.1, 0.15) is 59.7 Å². The van der Waals surface area contributed by atoms with E-state index in [0.29, 0.717) is 45.0 Å². The number of halogens is 4. The molecule has 12 rings (SSSR count). The average molecular weight is 1120 g/mol. The number of benzene rings is 8. The van der Waals surface area contributed by atoms with Gasteiger partial charge in [0.15, 0.2) is 11.6 Å². The smallest absolute Gasteiger partial charge is 0.162 e. The van der Waals surface area contributed by atoms with Crippen molar-refractivity contribution in [3.63, 3.8) is 0 Å². The summed E-state index contributed by atoms with van der Waals surface area (Å²) in [5.74, 6) is -3.76. The fraction of sp³-hybridized carbons (Fsp3) is 0. The molecule has 0 amide bonds. The second-order valence-electron chi connectivity index (χ2n) is 19.6. The van der Waals surface area contributed by atoms with E-state index >= 15 is 17.6 Å². The third kappa shape index (κ3) is 9.62. The van der Waals surface area contributed by atoms with Gasteiger partial charge in [0.2, 0.25) is 0 Å². The van der Waals surface area contributed by atoms with E-state index in [-0.39, 0.29) is 89.6 Å². The van der Waals surface area contributed by atoms with Crippen molar-refractivity contribution in [1.29, 1.82) is 31.6 Å². The molecular formula is C72H34F4N10. The van der Waals surface area contributed by atoms with E-state index in [1.54, 1.807) is 12.1 Å². The van der Waals surface area contributed by atoms with E-state index in [1.165, 1.54) is 48.5 Å². The van der Waals surface area contributed by atoms with Crippen molar-refractivity contribution in [2.45, 2.75) is 0 Å². The summed E-state index contributed by atoms with van der Waals surface area (Å²) in [7, 11) is 0. The van der Waals surface area contributed by atoms with E-state index in [0.717, 1.165) is 24.3 Å². The van der Waals surface area contributed by atoms with Gasteiger partial charge in [0.25, 0.3) is 0 Å². The zero-order valence-corrected chi connectivity index (χ0v) is 44.6. The summed E-state index contributed by atoms with van der Waals surface area (Å²) >= 11 is 0. The predicted molar refractivity (Wildman–Crippen MR) is 314 cm³/mol. The zero-order chi connectivity index (χ0) is 59.6. The quantitative estimate of drug-likeness (QED) is 0.119. The van der Waals surface area contributed by atoms with Gasteiger partial charge in [-0.1, -0.05) is 146 Å². The van der Waals surface area contributed by atoms with Crippen LogP contribution in [0.1, 0.15) is 56.2 Å². The van der Waals surface area contributed by atoms with Crippen LogP contribution in [0, 0.1) is 91.3 Å². The van der Waals surface area contributed by atoms with Gasteiger partial charge < -0.3 is 0 Å². The van der Waals surface area contributed by atoms with Crippen LogP contribution in [-0.4, -0.2) is 19.9 Å². The van der Waals surface area contributed by atoms with Crippen molar-refractivity contribution in [1.82, 2.24) is 19.9 Å². The molecule has 0 N–H and O–H groups in total. The first kappa shape index (κ1) is 53.9. The van der Waals surface area contributed by atoms with Gasteiger partial charge in [-0.05, 0) is 94.1 Å². The molecule has 2 aromatic heterocycles. The summed E-state index contributed by atoms with van der Waals surface area (Å²) in [4.78, 5) is 20.9. The molecule has 0 fully saturated rings. The van der Waals surface area contributed by atoms with Gasteiger partial charge >= 0.3 is 0 Å². The van der Waals surface area contributed by atoms with E-state index in [2.05, 4.69) is 12.1 Å². The maximum Gasteiger partial charge on any atom is 0.162 e. The van der Waals surface area contributed by atoms with Gasteiger partial charge in [-0.2, -0.15) is 31.6 Å². The molecule has 2 aliphatic carbocycles. The van der Waals surface area contributed by atoms with Crippen LogP contribution < -0.4 is 0 Å². The minimum atomic E-state index is -0.893. The third-order valence-corrected chi connectivity index (χ3v) is 14.7. The molecule has 400 valence electrons. The van der Waals surface area contributed by atoms with Gasteiger partial charge in [-0.3, -0.25) is 0 Å². The summed E-state index contributed by atoms with van der Waals surface area (Å²) in [6, 6.07) is 67.3. The third-order valence-electron chi connectivity index (χ3n) is 14.7. The Morgan fingerprint density at radius 3 is 0.744 bits per heavy atom. The maximum absolute atomic E-state index is 15.8. The van der Waals surface area contributed by atoms with Crippen LogP contribution in [0.4, 0.5) is 17.6 Å². The van der Waals surface area contributed by atoms with Gasteiger partial charge in [0.05, 0.1) is 56.2 Å². The van der Waals surface area contributed by atoms with Crippen molar-refractivity contribution in [2.24, 2.45) is 0 Å². The van der Waals surface area contributed by atoms with Gasteiger partial charge in [0, 0.05) is 55.7 Å². The second kappa shape index (κ2) is 22.7. The fourth-order valence-electron chi connectivity index (χ4n) is 10.8. The minimum absolute atomic E-state index is 0.00584. The van der Waals surface area contributed by atoms with E-state index in [1.807, 2.05) is 146 Å². The van der Waals surface area contributed by atoms with Crippen LogP contribution in [0.15, 0.2) is 240 Å². The van der Waals surface area contributed by atoms with Crippen LogP contribution in [0.2, 0.25) is 0 Å². The highest BCUT2D eigenvalue weighted by atomic mass is 19.1. The molecule has 0 saturated heterocycles. The molecule has 0 saturated carbocycles. The summed E-state index contributed by atoms with van der Waals surface area (Å²) < 4.78 is 63.1. The molecule has 0 radical (unpaired) electrons. The number of hydrogen-bond acceptors (Lipinski definition) is 10. The molecular weight excluding hydrogens is 1080 g/mol. The van der Waals surface area contributed by atoms with Crippen molar-refractivity contribution in [3.8, 4) is 81.4 Å². The molecule has 0 aliphatic heterocycles. The summed E-state index contributed by atoms with van der Waals surface area (Å²) in [5, 5.41) is 66.5. The Kier molecular flexibility index (Phi) is 14.2. The lowest BCUT2D eigenvalue weighted by atomic mass is 9.82. The van der Waals surface area contributed by atoms with Crippen LogP contribution >= 0.6 is 0 Å². The first-order valence-corrected chi connectivity index (χ1v) is 26.4. The number of hydrogen-bond donors (Lipinski definition) is 0. The molecule has 10 nitrogen and oxygen atoms in total. The van der Waals surface area contributed by atoms with Crippen LogP contribution in [0.3, 0.4) is 0 Å². The molecule has 2 heterocycles. The summed E-state index contributed by atoms with van der Waals surface area (Å²) in [6.07, 6.45) is 0. The second-order valence-corrected chi connectivity index (χ2v) is 19.6. The lowest BCUT2D eigenvalue weighted by Gasteiger charge is -2.21. The minimum Gasteiger partial charge on any atom is -0.228 e. The Morgan fingerprint density at radius 2 is 0.523 bits per heavy atom. The number of nitriles is 6. The van der Waals surface area contributed by atoms with Crippen molar-refractivity contribution >= 4 is 22.3 Å². The average Bonchev–Trinajstić information content (AvgIpc) is 1.59. The first-order chi connectivity index (χ1) is 42.0. The number of allylic oxidation sites excluding steroid dienone is 8. The van der Waals surface area contributed by atoms with E-state index in [4.69, 9.17) is 19.9 Å². The number of rotatable bonds is 10. The van der Waals surface area contributed by atoms with E-state index in [9.17, 15) is 31.6 Å². The summed E-state index contributed by atoms with van der Waals surface area (Å²) in [5.41, 5.74) is 2.35. The monoisotopic (exact) mass is 1110 g/mol. The lowest BCUT2D eigenvalue weighted by molar-refractivity contribution is 0.623. The molecule has 0 unspecified atom stereocenters. The number of aromatic nitrogens is 4. The number of nitrogens with zero attached hydrogens (tertiary/aromatic N) is 10. The highest BCUT2D eigenvalue weighted by Gasteiger charge is 2.46. The van der Waals surface area contributed by atoms with Crippen molar-refractivity contribution < 1.29 is 17.6 Å². The highest BCUT2D eigenvalue weighted by Crippen LogP contribution is 2.60. The van der Waals surface area contributed by atoms with Crippen LogP contribution in [0.25, 0.3) is 67.3 Å². The van der Waals surface area contributed by atoms with E-state index < -0.39 is 45.5 Å². The molecule has 0 atom stereocenters. The predicted octanol–water partition coefficient (Wildman–Crippen LogP) is 15.6. The Morgan fingerprint density at radius 1 is 0.279 bits per heavy atom. The molecule has 8 aromatic carbocycles. The fourth-order valence-corrected chi connectivity index (χ4v) is 10.8. The Bertz CT molecular complexity index is 4410. The summed E-state index contributed by atoms with van der Waals surface area (Å²) in [6.45, 7) is 0. The van der Waals surface area contributed by atoms with Gasteiger partial charge in [-0.15, -0.1) is 0 Å².